The van der Waals surface area contributed by atoms with E-state index in [9.17, 15) is 13.2 Å². The molecule has 0 saturated carbocycles. The lowest BCUT2D eigenvalue weighted by Gasteiger charge is -2.20. The minimum Gasteiger partial charge on any atom is -0.495 e. The number of para-hydroxylation sites is 1. The van der Waals surface area contributed by atoms with E-state index in [-0.39, 0.29) is 11.4 Å². The van der Waals surface area contributed by atoms with Crippen LogP contribution in [0, 0.1) is 0 Å². The minimum atomic E-state index is -3.73. The molecule has 0 aliphatic carbocycles. The number of sulfonamides is 1. The monoisotopic (exact) mass is 539 g/mol. The summed E-state index contributed by atoms with van der Waals surface area (Å²) < 4.78 is 41.5. The molecule has 37 heavy (non-hydrogen) atoms. The molecule has 0 aliphatic rings. The highest BCUT2D eigenvalue weighted by Crippen LogP contribution is 2.27. The van der Waals surface area contributed by atoms with Crippen LogP contribution in [-0.2, 0) is 27.8 Å². The molecule has 8 nitrogen and oxygen atoms in total. The Hall–Kier alpha value is -3.31. The van der Waals surface area contributed by atoms with Crippen molar-refractivity contribution in [2.75, 3.05) is 27.4 Å². The molecule has 4 aromatic rings. The summed E-state index contributed by atoms with van der Waals surface area (Å²) in [6, 6.07) is 21.1. The van der Waals surface area contributed by atoms with Gasteiger partial charge in [-0.25, -0.2) is 8.42 Å². The Kier molecular flexibility index (Phi) is 8.55. The third-order valence-electron chi connectivity index (χ3n) is 5.89. The van der Waals surface area contributed by atoms with Gasteiger partial charge in [0.25, 0.3) is 5.91 Å². The van der Waals surface area contributed by atoms with Gasteiger partial charge < -0.3 is 14.0 Å². The summed E-state index contributed by atoms with van der Waals surface area (Å²) in [7, 11) is -0.515. The lowest BCUT2D eigenvalue weighted by Crippen LogP contribution is -2.30. The molecule has 0 radical (unpaired) electrons. The highest BCUT2D eigenvalue weighted by molar-refractivity contribution is 7.89. The molecule has 0 bridgehead atoms. The summed E-state index contributed by atoms with van der Waals surface area (Å²) in [5, 5.41) is 0. The zero-order valence-electron chi connectivity index (χ0n) is 21.0. The number of hydrogen-bond donors (Lipinski definition) is 0. The Bertz CT molecular complexity index is 1540. The molecule has 0 saturated heterocycles. The van der Waals surface area contributed by atoms with Crippen LogP contribution in [0.25, 0.3) is 10.2 Å². The predicted molar refractivity (Wildman–Crippen MR) is 144 cm³/mol. The molecule has 0 unspecified atom stereocenters. The van der Waals surface area contributed by atoms with E-state index in [1.807, 2.05) is 53.1 Å². The minimum absolute atomic E-state index is 0.128. The summed E-state index contributed by atoms with van der Waals surface area (Å²) in [4.78, 5) is 18.1. The van der Waals surface area contributed by atoms with Gasteiger partial charge >= 0.3 is 0 Å². The van der Waals surface area contributed by atoms with Gasteiger partial charge in [-0.3, -0.25) is 4.79 Å². The normalized spacial score (nSPS) is 12.4. The maximum Gasteiger partial charge on any atom is 0.279 e. The third-order valence-corrected chi connectivity index (χ3v) is 8.87. The summed E-state index contributed by atoms with van der Waals surface area (Å²) >= 11 is 1.38. The SMILES string of the molecule is CCN(Cc1ccccc1)S(=O)(=O)c1ccc(C(=O)N=c2sc3cccc(OC)c3n2CCOC)cc1. The van der Waals surface area contributed by atoms with Crippen LogP contribution in [0.4, 0.5) is 0 Å². The third kappa shape index (κ3) is 5.83. The molecule has 10 heteroatoms. The molecule has 0 N–H and O–H groups in total. The van der Waals surface area contributed by atoms with Crippen LogP contribution >= 0.6 is 11.3 Å². The zero-order chi connectivity index (χ0) is 26.4. The van der Waals surface area contributed by atoms with Crippen molar-refractivity contribution in [1.82, 2.24) is 8.87 Å². The number of thiazole rings is 1. The Morgan fingerprint density at radius 3 is 2.38 bits per heavy atom. The van der Waals surface area contributed by atoms with Crippen LogP contribution in [0.15, 0.2) is 82.7 Å². The molecular formula is C27H29N3O5S2. The molecule has 0 aliphatic heterocycles. The van der Waals surface area contributed by atoms with Crippen molar-refractivity contribution in [1.29, 1.82) is 0 Å². The van der Waals surface area contributed by atoms with Crippen molar-refractivity contribution in [2.24, 2.45) is 4.99 Å². The van der Waals surface area contributed by atoms with Crippen molar-refractivity contribution in [3.8, 4) is 5.75 Å². The number of carbonyl (C=O) groups excluding carboxylic acids is 1. The van der Waals surface area contributed by atoms with E-state index in [1.54, 1.807) is 21.1 Å². The second-order valence-corrected chi connectivity index (χ2v) is 11.1. The highest BCUT2D eigenvalue weighted by atomic mass is 32.2. The van der Waals surface area contributed by atoms with Gasteiger partial charge in [0, 0.05) is 32.3 Å². The summed E-state index contributed by atoms with van der Waals surface area (Å²) in [5.41, 5.74) is 2.05. The lowest BCUT2D eigenvalue weighted by atomic mass is 10.2. The van der Waals surface area contributed by atoms with Crippen molar-refractivity contribution in [2.45, 2.75) is 24.9 Å². The van der Waals surface area contributed by atoms with Gasteiger partial charge in [0.05, 0.1) is 23.3 Å². The summed E-state index contributed by atoms with van der Waals surface area (Å²) in [5.74, 6) is 0.224. The molecule has 0 fully saturated rings. The Morgan fingerprint density at radius 2 is 1.73 bits per heavy atom. The van der Waals surface area contributed by atoms with Crippen LogP contribution in [0.1, 0.15) is 22.8 Å². The van der Waals surface area contributed by atoms with E-state index in [0.29, 0.717) is 35.8 Å². The number of amides is 1. The van der Waals surface area contributed by atoms with Crippen molar-refractivity contribution >= 4 is 37.5 Å². The lowest BCUT2D eigenvalue weighted by molar-refractivity contribution is 0.0997. The fourth-order valence-corrected chi connectivity index (χ4v) is 6.47. The Labute approximate surface area is 220 Å². The van der Waals surface area contributed by atoms with Gasteiger partial charge in [0.1, 0.15) is 11.3 Å². The fraction of sp³-hybridized carbons (Fsp3) is 0.259. The van der Waals surface area contributed by atoms with Crippen molar-refractivity contribution in [3.63, 3.8) is 0 Å². The van der Waals surface area contributed by atoms with E-state index in [4.69, 9.17) is 9.47 Å². The number of ether oxygens (including phenoxy) is 2. The van der Waals surface area contributed by atoms with Crippen LogP contribution < -0.4 is 9.54 Å². The Morgan fingerprint density at radius 1 is 1.00 bits per heavy atom. The molecule has 1 amide bonds. The van der Waals surface area contributed by atoms with E-state index in [2.05, 4.69) is 4.99 Å². The number of rotatable bonds is 10. The predicted octanol–water partition coefficient (Wildman–Crippen LogP) is 4.31. The number of methoxy groups -OCH3 is 2. The van der Waals surface area contributed by atoms with Gasteiger partial charge in [0.15, 0.2) is 4.80 Å². The maximum atomic E-state index is 13.2. The van der Waals surface area contributed by atoms with Gasteiger partial charge in [-0.15, -0.1) is 0 Å². The first-order valence-corrected chi connectivity index (χ1v) is 14.0. The fourth-order valence-electron chi connectivity index (χ4n) is 3.96. The van der Waals surface area contributed by atoms with Crippen molar-refractivity contribution in [3.05, 3.63) is 88.7 Å². The van der Waals surface area contributed by atoms with Crippen LogP contribution in [0.2, 0.25) is 0 Å². The zero-order valence-corrected chi connectivity index (χ0v) is 22.6. The molecule has 1 aromatic heterocycles. The van der Waals surface area contributed by atoms with E-state index in [0.717, 1.165) is 15.8 Å². The summed E-state index contributed by atoms with van der Waals surface area (Å²) in [6.45, 7) is 3.33. The first-order chi connectivity index (χ1) is 17.9. The second kappa shape index (κ2) is 11.8. The number of carbonyl (C=O) groups is 1. The standard InChI is InChI=1S/C27H29N3O5S2/c1-4-29(19-20-9-6-5-7-10-20)37(32,33)22-15-13-21(14-16-22)26(31)28-27-30(17-18-34-2)25-23(35-3)11-8-12-24(25)36-27/h5-16H,4,17-19H2,1-3H3. The average molecular weight is 540 g/mol. The molecule has 0 spiro atoms. The molecule has 4 rings (SSSR count). The number of aromatic nitrogens is 1. The van der Waals surface area contributed by atoms with E-state index >= 15 is 0 Å². The molecular weight excluding hydrogens is 510 g/mol. The Balaban J connectivity index is 1.64. The molecule has 1 heterocycles. The molecule has 0 atom stereocenters. The number of benzene rings is 3. The van der Waals surface area contributed by atoms with Crippen LogP contribution in [0.3, 0.4) is 0 Å². The first kappa shape index (κ1) is 26.7. The number of fused-ring (bicyclic) bond motifs is 1. The maximum absolute atomic E-state index is 13.2. The number of nitrogens with zero attached hydrogens (tertiary/aromatic N) is 3. The van der Waals surface area contributed by atoms with E-state index < -0.39 is 15.9 Å². The quantitative estimate of drug-likeness (QED) is 0.300. The van der Waals surface area contributed by atoms with E-state index in [1.165, 1.54) is 39.9 Å². The van der Waals surface area contributed by atoms with Gasteiger partial charge in [-0.1, -0.05) is 54.7 Å². The largest absolute Gasteiger partial charge is 0.495 e. The highest BCUT2D eigenvalue weighted by Gasteiger charge is 2.23. The topological polar surface area (TPSA) is 90.2 Å². The summed E-state index contributed by atoms with van der Waals surface area (Å²) in [6.07, 6.45) is 0. The van der Waals surface area contributed by atoms with Crippen LogP contribution in [0.5, 0.6) is 5.75 Å². The second-order valence-electron chi connectivity index (χ2n) is 8.19. The molecule has 194 valence electrons. The van der Waals surface area contributed by atoms with Gasteiger partial charge in [-0.2, -0.15) is 9.30 Å². The average Bonchev–Trinajstić information content (AvgIpc) is 3.27. The van der Waals surface area contributed by atoms with Crippen molar-refractivity contribution < 1.29 is 22.7 Å². The van der Waals surface area contributed by atoms with Gasteiger partial charge in [0.2, 0.25) is 10.0 Å². The van der Waals surface area contributed by atoms with Gasteiger partial charge in [-0.05, 0) is 42.0 Å². The smallest absolute Gasteiger partial charge is 0.279 e. The number of hydrogen-bond acceptors (Lipinski definition) is 6. The van der Waals surface area contributed by atoms with Crippen LogP contribution in [-0.4, -0.2) is 50.6 Å². The first-order valence-electron chi connectivity index (χ1n) is 11.8. The molecule has 3 aromatic carbocycles.